The maximum absolute atomic E-state index is 9.45. The SMILES string of the molecule is C1CO1.CCCCCCCCC(O)CCC. The summed E-state index contributed by atoms with van der Waals surface area (Å²) in [5.41, 5.74) is 0. The molecule has 1 fully saturated rings. The average Bonchev–Trinajstić information content (AvgIpc) is 3.11. The Morgan fingerprint density at radius 3 is 1.94 bits per heavy atom. The van der Waals surface area contributed by atoms with Gasteiger partial charge in [-0.1, -0.05) is 58.8 Å². The molecule has 1 N–H and O–H groups in total. The third kappa shape index (κ3) is 16.4. The molecule has 1 aliphatic heterocycles. The van der Waals surface area contributed by atoms with E-state index in [1.807, 2.05) is 0 Å². The molecule has 1 unspecified atom stereocenters. The van der Waals surface area contributed by atoms with Gasteiger partial charge in [0, 0.05) is 0 Å². The summed E-state index contributed by atoms with van der Waals surface area (Å²) in [7, 11) is 0. The van der Waals surface area contributed by atoms with E-state index in [1.165, 1.54) is 38.5 Å². The Balaban J connectivity index is 0.000000635. The molecular weight excluding hydrogens is 200 g/mol. The Hall–Kier alpha value is -0.0800. The lowest BCUT2D eigenvalue weighted by atomic mass is 10.0. The molecule has 0 aromatic rings. The fourth-order valence-electron chi connectivity index (χ4n) is 1.64. The lowest BCUT2D eigenvalue weighted by Crippen LogP contribution is -2.04. The van der Waals surface area contributed by atoms with E-state index in [2.05, 4.69) is 18.6 Å². The van der Waals surface area contributed by atoms with E-state index >= 15 is 0 Å². The van der Waals surface area contributed by atoms with Gasteiger partial charge in [0.1, 0.15) is 0 Å². The van der Waals surface area contributed by atoms with Gasteiger partial charge in [0.2, 0.25) is 0 Å². The highest BCUT2D eigenvalue weighted by Crippen LogP contribution is 2.10. The Morgan fingerprint density at radius 1 is 0.875 bits per heavy atom. The Kier molecular flexibility index (Phi) is 12.9. The minimum Gasteiger partial charge on any atom is -0.393 e. The standard InChI is InChI=1S/C12H26O.C2H4O/c1-3-5-6-7-8-9-11-12(13)10-4-2;1-2-3-1/h12-13H,3-11H2,1-2H3;1-2H2. The molecule has 0 aliphatic carbocycles. The Morgan fingerprint density at radius 2 is 1.44 bits per heavy atom. The van der Waals surface area contributed by atoms with Gasteiger partial charge < -0.3 is 9.84 Å². The molecule has 1 atom stereocenters. The molecule has 98 valence electrons. The predicted molar refractivity (Wildman–Crippen MR) is 69.7 cm³/mol. The van der Waals surface area contributed by atoms with Crippen LogP contribution in [0.3, 0.4) is 0 Å². The van der Waals surface area contributed by atoms with Crippen molar-refractivity contribution < 1.29 is 9.84 Å². The minimum atomic E-state index is -0.0313. The smallest absolute Gasteiger partial charge is 0.0701 e. The van der Waals surface area contributed by atoms with Crippen molar-refractivity contribution in [2.45, 2.75) is 77.7 Å². The molecule has 1 saturated heterocycles. The normalized spacial score (nSPS) is 15.2. The van der Waals surface area contributed by atoms with Crippen LogP contribution in [0.25, 0.3) is 0 Å². The Bertz CT molecular complexity index is 121. The van der Waals surface area contributed by atoms with Gasteiger partial charge in [-0.2, -0.15) is 0 Å². The summed E-state index contributed by atoms with van der Waals surface area (Å²) >= 11 is 0. The number of unbranched alkanes of at least 4 members (excludes halogenated alkanes) is 5. The first kappa shape index (κ1) is 15.9. The zero-order valence-corrected chi connectivity index (χ0v) is 11.2. The molecule has 2 nitrogen and oxygen atoms in total. The third-order valence-electron chi connectivity index (χ3n) is 2.72. The average molecular weight is 230 g/mol. The van der Waals surface area contributed by atoms with Crippen molar-refractivity contribution in [3.63, 3.8) is 0 Å². The molecule has 0 amide bonds. The van der Waals surface area contributed by atoms with Gasteiger partial charge in [0.15, 0.2) is 0 Å². The van der Waals surface area contributed by atoms with E-state index in [0.717, 1.165) is 32.5 Å². The zero-order valence-electron chi connectivity index (χ0n) is 11.2. The van der Waals surface area contributed by atoms with Crippen LogP contribution >= 0.6 is 0 Å². The second-order valence-corrected chi connectivity index (χ2v) is 4.61. The monoisotopic (exact) mass is 230 g/mol. The number of rotatable bonds is 9. The molecule has 2 heteroatoms. The second kappa shape index (κ2) is 13.0. The highest BCUT2D eigenvalue weighted by molar-refractivity contribution is 4.54. The van der Waals surface area contributed by atoms with Gasteiger partial charge in [0.05, 0.1) is 19.3 Å². The van der Waals surface area contributed by atoms with Gasteiger partial charge in [-0.05, 0) is 12.8 Å². The van der Waals surface area contributed by atoms with Crippen LogP contribution in [0.15, 0.2) is 0 Å². The predicted octanol–water partition coefficient (Wildman–Crippen LogP) is 3.91. The van der Waals surface area contributed by atoms with Gasteiger partial charge >= 0.3 is 0 Å². The van der Waals surface area contributed by atoms with Gasteiger partial charge in [-0.3, -0.25) is 0 Å². The van der Waals surface area contributed by atoms with Crippen LogP contribution in [-0.2, 0) is 4.74 Å². The highest BCUT2D eigenvalue weighted by Gasteiger charge is 2.01. The number of hydrogen-bond acceptors (Lipinski definition) is 2. The van der Waals surface area contributed by atoms with Crippen molar-refractivity contribution in [2.24, 2.45) is 0 Å². The first-order valence-electron chi connectivity index (χ1n) is 7.07. The largest absolute Gasteiger partial charge is 0.393 e. The van der Waals surface area contributed by atoms with E-state index in [9.17, 15) is 5.11 Å². The summed E-state index contributed by atoms with van der Waals surface area (Å²) < 4.78 is 4.50. The van der Waals surface area contributed by atoms with Crippen LogP contribution in [0.2, 0.25) is 0 Å². The molecule has 16 heavy (non-hydrogen) atoms. The lowest BCUT2D eigenvalue weighted by Gasteiger charge is -2.08. The molecule has 0 radical (unpaired) electrons. The molecule has 0 bridgehead atoms. The molecule has 0 saturated carbocycles. The van der Waals surface area contributed by atoms with Crippen molar-refractivity contribution in [3.8, 4) is 0 Å². The van der Waals surface area contributed by atoms with Crippen LogP contribution in [0.5, 0.6) is 0 Å². The van der Waals surface area contributed by atoms with Crippen molar-refractivity contribution in [2.75, 3.05) is 13.2 Å². The van der Waals surface area contributed by atoms with E-state index in [4.69, 9.17) is 0 Å². The first-order chi connectivity index (χ1) is 7.81. The second-order valence-electron chi connectivity index (χ2n) is 4.61. The van der Waals surface area contributed by atoms with Gasteiger partial charge in [-0.15, -0.1) is 0 Å². The summed E-state index contributed by atoms with van der Waals surface area (Å²) in [5, 5.41) is 9.45. The van der Waals surface area contributed by atoms with Crippen molar-refractivity contribution in [1.82, 2.24) is 0 Å². The number of aliphatic hydroxyl groups is 1. The summed E-state index contributed by atoms with van der Waals surface area (Å²) in [5.74, 6) is 0. The van der Waals surface area contributed by atoms with Crippen LogP contribution in [0.4, 0.5) is 0 Å². The minimum absolute atomic E-state index is 0.0313. The Labute approximate surface area is 101 Å². The summed E-state index contributed by atoms with van der Waals surface area (Å²) in [6.07, 6.45) is 11.0. The maximum Gasteiger partial charge on any atom is 0.0701 e. The highest BCUT2D eigenvalue weighted by atomic mass is 16.6. The van der Waals surface area contributed by atoms with Crippen LogP contribution in [0, 0.1) is 0 Å². The van der Waals surface area contributed by atoms with Gasteiger partial charge in [0.25, 0.3) is 0 Å². The fraction of sp³-hybridized carbons (Fsp3) is 1.00. The number of ether oxygens (including phenoxy) is 1. The lowest BCUT2D eigenvalue weighted by molar-refractivity contribution is 0.150. The van der Waals surface area contributed by atoms with Crippen molar-refractivity contribution in [1.29, 1.82) is 0 Å². The fourth-order valence-corrected chi connectivity index (χ4v) is 1.64. The number of epoxide rings is 1. The van der Waals surface area contributed by atoms with Crippen LogP contribution in [-0.4, -0.2) is 24.4 Å². The summed E-state index contributed by atoms with van der Waals surface area (Å²) in [4.78, 5) is 0. The van der Waals surface area contributed by atoms with Crippen molar-refractivity contribution >= 4 is 0 Å². The van der Waals surface area contributed by atoms with Crippen LogP contribution < -0.4 is 0 Å². The van der Waals surface area contributed by atoms with E-state index < -0.39 is 0 Å². The van der Waals surface area contributed by atoms with Crippen molar-refractivity contribution in [3.05, 3.63) is 0 Å². The molecular formula is C14H30O2. The molecule has 0 aromatic heterocycles. The van der Waals surface area contributed by atoms with E-state index in [1.54, 1.807) is 0 Å². The number of aliphatic hydroxyl groups excluding tert-OH is 1. The molecule has 1 rings (SSSR count). The summed E-state index contributed by atoms with van der Waals surface area (Å²) in [6.45, 7) is 6.37. The number of hydrogen-bond donors (Lipinski definition) is 1. The molecule has 1 aliphatic rings. The van der Waals surface area contributed by atoms with E-state index in [0.29, 0.717) is 0 Å². The summed E-state index contributed by atoms with van der Waals surface area (Å²) in [6, 6.07) is 0. The third-order valence-corrected chi connectivity index (χ3v) is 2.72. The molecule has 0 aromatic carbocycles. The molecule has 0 spiro atoms. The van der Waals surface area contributed by atoms with Gasteiger partial charge in [-0.25, -0.2) is 0 Å². The topological polar surface area (TPSA) is 32.8 Å². The maximum atomic E-state index is 9.45. The zero-order chi connectivity index (χ0) is 12.1. The van der Waals surface area contributed by atoms with Crippen LogP contribution in [0.1, 0.15) is 71.6 Å². The quantitative estimate of drug-likeness (QED) is 0.481. The molecule has 1 heterocycles. The first-order valence-corrected chi connectivity index (χ1v) is 7.07. The van der Waals surface area contributed by atoms with E-state index in [-0.39, 0.29) is 6.10 Å².